The summed E-state index contributed by atoms with van der Waals surface area (Å²) in [4.78, 5) is 0. The molecule has 0 bridgehead atoms. The minimum Gasteiger partial charge on any atom is -0.0828 e. The average Bonchev–Trinajstić information content (AvgIpc) is 3.87. The number of rotatable bonds is 7. The Balaban J connectivity index is 1.38. The molecule has 8 aliphatic rings. The molecule has 228 valence electrons. The van der Waals surface area contributed by atoms with E-state index in [1.54, 1.807) is 154 Å². The van der Waals surface area contributed by atoms with Gasteiger partial charge in [-0.1, -0.05) is 205 Å². The van der Waals surface area contributed by atoms with Gasteiger partial charge in [-0.25, -0.2) is 0 Å². The lowest BCUT2D eigenvalue weighted by Gasteiger charge is -2.65. The van der Waals surface area contributed by atoms with Gasteiger partial charge in [-0.2, -0.15) is 0 Å². The molecule has 6 saturated carbocycles. The number of hydrogen-bond donors (Lipinski definition) is 0. The first-order valence-corrected chi connectivity index (χ1v) is 39.4. The Morgan fingerprint density at radius 2 is 0.805 bits per heavy atom. The van der Waals surface area contributed by atoms with Gasteiger partial charge in [0.05, 0.1) is 7.11 Å². The van der Waals surface area contributed by atoms with Crippen LogP contribution in [0.2, 0.25) is 33.2 Å². The van der Waals surface area contributed by atoms with Crippen LogP contribution in [0.3, 0.4) is 0 Å². The Labute approximate surface area is 262 Å². The molecule has 0 aromatic carbocycles. The Morgan fingerprint density at radius 1 is 0.439 bits per heavy atom. The van der Waals surface area contributed by atoms with E-state index in [4.69, 9.17) is 0 Å². The van der Waals surface area contributed by atoms with Gasteiger partial charge in [0.25, 0.3) is 0 Å². The molecular formula is C35H64Si6. The fraction of sp³-hybridized carbons (Fsp3) is 0.886. The van der Waals surface area contributed by atoms with E-state index in [0.717, 1.165) is 0 Å². The SMILES string of the molecule is C1=CCC([Si]2(C3CCCC3)[SiH](C3CCCC3)[SiH](C3CCCC3)[SiH](C3CCCC3)[SiH](C3CCCC3)[SiH]2C2CCCC2)=C1. The Kier molecular flexibility index (Phi) is 9.17. The van der Waals surface area contributed by atoms with Crippen LogP contribution in [-0.2, 0) is 0 Å². The first kappa shape index (κ1) is 29.2. The van der Waals surface area contributed by atoms with Gasteiger partial charge in [0.1, 0.15) is 0 Å². The molecule has 0 radical (unpaired) electrons. The first-order valence-electron chi connectivity index (χ1n) is 19.7. The quantitative estimate of drug-likeness (QED) is 0.241. The highest BCUT2D eigenvalue weighted by atomic mass is 30.2. The molecule has 4 unspecified atom stereocenters. The Hall–Kier alpha value is 0.781. The minimum absolute atomic E-state index is 0.523. The van der Waals surface area contributed by atoms with E-state index >= 15 is 0 Å². The molecule has 8 rings (SSSR count). The van der Waals surface area contributed by atoms with E-state index in [9.17, 15) is 0 Å². The minimum atomic E-state index is -1.32. The molecule has 1 aliphatic heterocycles. The maximum absolute atomic E-state index is 2.98. The third-order valence-corrected chi connectivity index (χ3v) is 140. The summed E-state index contributed by atoms with van der Waals surface area (Å²) < 4.78 is 0. The second kappa shape index (κ2) is 12.9. The Morgan fingerprint density at radius 3 is 1.20 bits per heavy atom. The fourth-order valence-corrected chi connectivity index (χ4v) is 266. The highest BCUT2D eigenvalue weighted by Crippen LogP contribution is 2.61. The number of allylic oxidation sites excluding steroid dienone is 4. The zero-order valence-electron chi connectivity index (χ0n) is 26.8. The van der Waals surface area contributed by atoms with Crippen LogP contribution in [0.4, 0.5) is 0 Å². The standard InChI is InChI=1S/C35H64Si6/c1-2-16-29(15-1)36-37(30-17-3-4-18-30)39(32-21-7-8-22-32)41(34-25-11-12-26-34,35-27-13-14-28-35)40(33-23-9-10-24-33)38(36)31-19-5-6-20-31/h11-12,25,29-33,35-40H,1-10,13-24,26-28H2. The molecule has 6 heteroatoms. The predicted octanol–water partition coefficient (Wildman–Crippen LogP) is 9.15. The van der Waals surface area contributed by atoms with Gasteiger partial charge < -0.3 is 0 Å². The van der Waals surface area contributed by atoms with Crippen LogP contribution in [0.1, 0.15) is 161 Å². The summed E-state index contributed by atoms with van der Waals surface area (Å²) in [5.41, 5.74) is 8.42. The second-order valence-corrected chi connectivity index (χ2v) is 71.7. The van der Waals surface area contributed by atoms with Crippen molar-refractivity contribution in [1.29, 1.82) is 0 Å². The molecule has 0 aromatic heterocycles. The maximum atomic E-state index is 2.98. The van der Waals surface area contributed by atoms with Crippen molar-refractivity contribution in [3.63, 3.8) is 0 Å². The van der Waals surface area contributed by atoms with Crippen LogP contribution >= 0.6 is 0 Å². The van der Waals surface area contributed by atoms with Crippen LogP contribution in [0, 0.1) is 0 Å². The topological polar surface area (TPSA) is 0 Å². The molecule has 1 heterocycles. The van der Waals surface area contributed by atoms with Crippen molar-refractivity contribution < 1.29 is 0 Å². The zero-order valence-corrected chi connectivity index (χ0v) is 33.5. The van der Waals surface area contributed by atoms with Gasteiger partial charge in [-0.15, -0.1) is 0 Å². The van der Waals surface area contributed by atoms with Crippen molar-refractivity contribution in [2.75, 3.05) is 0 Å². The van der Waals surface area contributed by atoms with Crippen molar-refractivity contribution in [3.8, 4) is 0 Å². The van der Waals surface area contributed by atoms with E-state index in [-0.39, 0.29) is 0 Å². The molecule has 1 saturated heterocycles. The fourth-order valence-electron chi connectivity index (χ4n) is 14.9. The highest BCUT2D eigenvalue weighted by Gasteiger charge is 2.71. The van der Waals surface area contributed by atoms with E-state index in [2.05, 4.69) is 23.4 Å². The third kappa shape index (κ3) is 5.09. The predicted molar refractivity (Wildman–Crippen MR) is 197 cm³/mol. The van der Waals surface area contributed by atoms with E-state index < -0.39 is 46.3 Å². The summed E-state index contributed by atoms with van der Waals surface area (Å²) in [5, 5.41) is 2.38. The summed E-state index contributed by atoms with van der Waals surface area (Å²) in [6, 6.07) is 0. The second-order valence-electron chi connectivity index (χ2n) is 17.2. The largest absolute Gasteiger partial charge is 0.0828 e. The van der Waals surface area contributed by atoms with Gasteiger partial charge in [0, 0.05) is 39.2 Å². The van der Waals surface area contributed by atoms with Gasteiger partial charge in [0.2, 0.25) is 0 Å². The normalized spacial score (nSPS) is 42.4. The molecule has 0 amide bonds. The van der Waals surface area contributed by atoms with Gasteiger partial charge in [-0.05, 0) is 12.0 Å². The molecule has 41 heavy (non-hydrogen) atoms. The molecular weight excluding hydrogens is 589 g/mol. The lowest BCUT2D eigenvalue weighted by molar-refractivity contribution is 0.817. The van der Waals surface area contributed by atoms with E-state index in [1.807, 2.05) is 0 Å². The lowest BCUT2D eigenvalue weighted by atomic mass is 10.4. The molecule has 0 spiro atoms. The molecule has 0 nitrogen and oxygen atoms in total. The number of hydrogen-bond acceptors (Lipinski definition) is 0. The van der Waals surface area contributed by atoms with Gasteiger partial charge >= 0.3 is 0 Å². The summed E-state index contributed by atoms with van der Waals surface area (Å²) in [7, 11) is -4.38. The van der Waals surface area contributed by atoms with Crippen molar-refractivity contribution in [2.24, 2.45) is 0 Å². The summed E-state index contributed by atoms with van der Waals surface area (Å²) in [5.74, 6) is 0. The molecule has 7 fully saturated rings. The van der Waals surface area contributed by atoms with Gasteiger partial charge in [-0.3, -0.25) is 0 Å². The average molecular weight is 653 g/mol. The lowest BCUT2D eigenvalue weighted by Crippen LogP contribution is -2.88. The molecule has 0 N–H and O–H groups in total. The summed E-state index contributed by atoms with van der Waals surface area (Å²) >= 11 is 0. The van der Waals surface area contributed by atoms with Crippen LogP contribution in [0.25, 0.3) is 0 Å². The third-order valence-electron chi connectivity index (χ3n) is 15.8. The Bertz CT molecular complexity index is 898. The smallest absolute Gasteiger partial charge is 0.0607 e. The summed E-state index contributed by atoms with van der Waals surface area (Å²) in [6.45, 7) is 0. The van der Waals surface area contributed by atoms with Gasteiger partial charge in [0.15, 0.2) is 0 Å². The monoisotopic (exact) mass is 652 g/mol. The van der Waals surface area contributed by atoms with Crippen LogP contribution in [0.5, 0.6) is 0 Å². The maximum Gasteiger partial charge on any atom is 0.0607 e. The first-order chi connectivity index (χ1) is 20.4. The highest BCUT2D eigenvalue weighted by molar-refractivity contribution is 8.01. The van der Waals surface area contributed by atoms with E-state index in [1.165, 1.54) is 39.7 Å². The van der Waals surface area contributed by atoms with Crippen molar-refractivity contribution in [2.45, 2.75) is 194 Å². The molecule has 7 aliphatic carbocycles. The summed E-state index contributed by atoms with van der Waals surface area (Å²) in [6.07, 6.45) is 51.3. The molecule has 0 aromatic rings. The zero-order chi connectivity index (χ0) is 27.2. The van der Waals surface area contributed by atoms with Crippen molar-refractivity contribution in [3.05, 3.63) is 23.4 Å². The van der Waals surface area contributed by atoms with Crippen LogP contribution < -0.4 is 0 Å². The van der Waals surface area contributed by atoms with E-state index in [0.29, 0.717) is 0 Å². The van der Waals surface area contributed by atoms with Crippen molar-refractivity contribution in [1.82, 2.24) is 0 Å². The van der Waals surface area contributed by atoms with Crippen molar-refractivity contribution >= 4 is 46.3 Å². The van der Waals surface area contributed by atoms with Crippen LogP contribution in [-0.4, -0.2) is 46.3 Å². The molecule has 4 atom stereocenters. The van der Waals surface area contributed by atoms with Crippen LogP contribution in [0.15, 0.2) is 23.4 Å².